The van der Waals surface area contributed by atoms with Crippen LogP contribution in [0.15, 0.2) is 12.2 Å². The van der Waals surface area contributed by atoms with Crippen LogP contribution in [0.2, 0.25) is 0 Å². The van der Waals surface area contributed by atoms with Gasteiger partial charge in [0, 0.05) is 18.4 Å². The molecule has 0 fully saturated rings. The second kappa shape index (κ2) is 8.56. The molecule has 0 rings (SSSR count). The van der Waals surface area contributed by atoms with Crippen LogP contribution in [-0.4, -0.2) is 31.5 Å². The minimum Gasteiger partial charge on any atom is -0.469 e. The number of halogens is 1. The summed E-state index contributed by atoms with van der Waals surface area (Å²) in [7, 11) is 1.32. The molecular formula is C9H13ClO4. The molecule has 0 radical (unpaired) electrons. The van der Waals surface area contributed by atoms with Crippen LogP contribution in [0.25, 0.3) is 0 Å². The van der Waals surface area contributed by atoms with Crippen LogP contribution >= 0.6 is 11.6 Å². The quantitative estimate of drug-likeness (QED) is 0.293. The van der Waals surface area contributed by atoms with E-state index in [0.29, 0.717) is 6.42 Å². The highest BCUT2D eigenvalue weighted by atomic mass is 35.5. The molecule has 0 aliphatic heterocycles. The fourth-order valence-corrected chi connectivity index (χ4v) is 0.769. The average molecular weight is 221 g/mol. The van der Waals surface area contributed by atoms with Gasteiger partial charge in [-0.05, 0) is 6.42 Å². The van der Waals surface area contributed by atoms with Crippen molar-refractivity contribution in [1.29, 1.82) is 0 Å². The number of rotatable bonds is 6. The molecule has 0 spiro atoms. The Morgan fingerprint density at radius 1 is 1.43 bits per heavy atom. The van der Waals surface area contributed by atoms with Crippen molar-refractivity contribution >= 4 is 23.5 Å². The van der Waals surface area contributed by atoms with Crippen molar-refractivity contribution in [2.24, 2.45) is 0 Å². The van der Waals surface area contributed by atoms with Gasteiger partial charge in [0.05, 0.1) is 13.7 Å². The zero-order valence-electron chi connectivity index (χ0n) is 7.99. The normalized spacial score (nSPS) is 10.1. The van der Waals surface area contributed by atoms with Crippen molar-refractivity contribution in [2.75, 3.05) is 19.6 Å². The third-order valence-electron chi connectivity index (χ3n) is 1.34. The third-order valence-corrected chi connectivity index (χ3v) is 1.52. The van der Waals surface area contributed by atoms with E-state index in [1.165, 1.54) is 19.3 Å². The van der Waals surface area contributed by atoms with Crippen molar-refractivity contribution in [3.05, 3.63) is 12.2 Å². The first-order valence-corrected chi connectivity index (χ1v) is 4.70. The smallest absolute Gasteiger partial charge is 0.330 e. The van der Waals surface area contributed by atoms with Crippen LogP contribution < -0.4 is 0 Å². The molecule has 0 bridgehead atoms. The Morgan fingerprint density at radius 3 is 2.71 bits per heavy atom. The summed E-state index contributed by atoms with van der Waals surface area (Å²) in [5, 5.41) is 0. The van der Waals surface area contributed by atoms with Crippen molar-refractivity contribution < 1.29 is 19.1 Å². The lowest BCUT2D eigenvalue weighted by Crippen LogP contribution is -2.06. The molecule has 0 unspecified atom stereocenters. The molecule has 0 aliphatic carbocycles. The summed E-state index contributed by atoms with van der Waals surface area (Å²) >= 11 is 5.31. The maximum atomic E-state index is 10.8. The van der Waals surface area contributed by atoms with Crippen molar-refractivity contribution in [3.8, 4) is 0 Å². The van der Waals surface area contributed by atoms with E-state index in [1.54, 1.807) is 0 Å². The Balaban J connectivity index is 3.40. The highest BCUT2D eigenvalue weighted by Crippen LogP contribution is 1.93. The Kier molecular flexibility index (Phi) is 7.93. The summed E-state index contributed by atoms with van der Waals surface area (Å²) < 4.78 is 9.16. The van der Waals surface area contributed by atoms with Crippen LogP contribution in [0.3, 0.4) is 0 Å². The molecular weight excluding hydrogens is 208 g/mol. The van der Waals surface area contributed by atoms with Crippen molar-refractivity contribution in [3.63, 3.8) is 0 Å². The molecule has 4 nitrogen and oxygen atoms in total. The molecule has 0 amide bonds. The van der Waals surface area contributed by atoms with E-state index in [2.05, 4.69) is 4.74 Å². The maximum Gasteiger partial charge on any atom is 0.330 e. The van der Waals surface area contributed by atoms with Gasteiger partial charge in [-0.3, -0.25) is 4.79 Å². The van der Waals surface area contributed by atoms with Gasteiger partial charge < -0.3 is 9.47 Å². The van der Waals surface area contributed by atoms with Crippen LogP contribution in [-0.2, 0) is 19.1 Å². The van der Waals surface area contributed by atoms with Crippen molar-refractivity contribution in [1.82, 2.24) is 0 Å². The number of methoxy groups -OCH3 is 1. The number of ether oxygens (including phenoxy) is 2. The van der Waals surface area contributed by atoms with Crippen LogP contribution in [0, 0.1) is 0 Å². The highest BCUT2D eigenvalue weighted by Gasteiger charge is 2.01. The van der Waals surface area contributed by atoms with Gasteiger partial charge in [-0.25, -0.2) is 4.79 Å². The second-order valence-corrected chi connectivity index (χ2v) is 2.71. The summed E-state index contributed by atoms with van der Waals surface area (Å²) in [6, 6.07) is 0. The number of allylic oxidation sites excluding steroid dienone is 1. The van der Waals surface area contributed by atoms with Crippen molar-refractivity contribution in [2.45, 2.75) is 12.8 Å². The lowest BCUT2D eigenvalue weighted by atomic mass is 10.3. The van der Waals surface area contributed by atoms with Crippen LogP contribution in [0.4, 0.5) is 0 Å². The van der Waals surface area contributed by atoms with Gasteiger partial charge in [0.2, 0.25) is 0 Å². The number of esters is 2. The molecule has 0 aromatic rings. The van der Waals surface area contributed by atoms with Gasteiger partial charge in [-0.2, -0.15) is 0 Å². The number of alkyl halides is 1. The number of hydrogen-bond acceptors (Lipinski definition) is 4. The fraction of sp³-hybridized carbons (Fsp3) is 0.556. The van der Waals surface area contributed by atoms with Crippen LogP contribution in [0.5, 0.6) is 0 Å². The molecule has 0 aromatic carbocycles. The first-order valence-electron chi connectivity index (χ1n) is 4.16. The molecule has 5 heteroatoms. The predicted molar refractivity (Wildman–Crippen MR) is 52.1 cm³/mol. The summed E-state index contributed by atoms with van der Waals surface area (Å²) in [5.41, 5.74) is 0. The fourth-order valence-electron chi connectivity index (χ4n) is 0.680. The Hall–Kier alpha value is -1.03. The van der Waals surface area contributed by atoms with Gasteiger partial charge in [0.15, 0.2) is 0 Å². The third kappa shape index (κ3) is 7.61. The average Bonchev–Trinajstić information content (AvgIpc) is 2.21. The molecule has 0 saturated carbocycles. The SMILES string of the molecule is COC(=O)CCCOC(=O)/C=C/CCl. The molecule has 0 N–H and O–H groups in total. The summed E-state index contributed by atoms with van der Waals surface area (Å²) in [6.45, 7) is 0.209. The van der Waals surface area contributed by atoms with Gasteiger partial charge in [-0.1, -0.05) is 6.08 Å². The molecule has 0 atom stereocenters. The zero-order chi connectivity index (χ0) is 10.8. The second-order valence-electron chi connectivity index (χ2n) is 2.40. The largest absolute Gasteiger partial charge is 0.469 e. The first-order chi connectivity index (χ1) is 6.70. The monoisotopic (exact) mass is 220 g/mol. The molecule has 80 valence electrons. The summed E-state index contributed by atoms with van der Waals surface area (Å²) in [4.78, 5) is 21.5. The molecule has 0 saturated heterocycles. The minimum absolute atomic E-state index is 0.209. The predicted octanol–water partition coefficient (Wildman–Crippen LogP) is 1.28. The Morgan fingerprint density at radius 2 is 2.14 bits per heavy atom. The van der Waals surface area contributed by atoms with E-state index >= 15 is 0 Å². The van der Waals surface area contributed by atoms with E-state index in [4.69, 9.17) is 16.3 Å². The van der Waals surface area contributed by atoms with E-state index in [0.717, 1.165) is 0 Å². The van der Waals surface area contributed by atoms with Gasteiger partial charge in [0.25, 0.3) is 0 Å². The zero-order valence-corrected chi connectivity index (χ0v) is 8.75. The summed E-state index contributed by atoms with van der Waals surface area (Å²) in [6.07, 6.45) is 3.46. The van der Waals surface area contributed by atoms with Gasteiger partial charge >= 0.3 is 11.9 Å². The minimum atomic E-state index is -0.449. The summed E-state index contributed by atoms with van der Waals surface area (Å²) in [5.74, 6) is -0.482. The van der Waals surface area contributed by atoms with E-state index in [9.17, 15) is 9.59 Å². The Labute approximate surface area is 87.8 Å². The molecule has 0 aliphatic rings. The topological polar surface area (TPSA) is 52.6 Å². The van der Waals surface area contributed by atoms with E-state index in [1.807, 2.05) is 0 Å². The maximum absolute atomic E-state index is 10.8. The lowest BCUT2D eigenvalue weighted by Gasteiger charge is -2.00. The number of carbonyl (C=O) groups excluding carboxylic acids is 2. The highest BCUT2D eigenvalue weighted by molar-refractivity contribution is 6.19. The number of hydrogen-bond donors (Lipinski definition) is 0. The van der Waals surface area contributed by atoms with Gasteiger partial charge in [-0.15, -0.1) is 11.6 Å². The lowest BCUT2D eigenvalue weighted by molar-refractivity contribution is -0.143. The van der Waals surface area contributed by atoms with E-state index < -0.39 is 5.97 Å². The van der Waals surface area contributed by atoms with Crippen LogP contribution in [0.1, 0.15) is 12.8 Å². The number of carbonyl (C=O) groups is 2. The van der Waals surface area contributed by atoms with E-state index in [-0.39, 0.29) is 24.9 Å². The first kappa shape index (κ1) is 13.0. The standard InChI is InChI=1S/C9H13ClO4/c1-13-8(11)5-3-7-14-9(12)4-2-6-10/h2,4H,3,5-7H2,1H3/b4-2+. The molecule has 14 heavy (non-hydrogen) atoms. The Bertz CT molecular complexity index is 213. The molecule has 0 heterocycles. The van der Waals surface area contributed by atoms with Gasteiger partial charge in [0.1, 0.15) is 0 Å². The molecule has 0 aromatic heterocycles.